The molecule has 2 atom stereocenters. The van der Waals surface area contributed by atoms with Crippen molar-refractivity contribution in [3.05, 3.63) is 70.0 Å². The van der Waals surface area contributed by atoms with E-state index in [4.69, 9.17) is 4.52 Å². The fourth-order valence-electron chi connectivity index (χ4n) is 2.80. The molecule has 0 unspecified atom stereocenters. The molecule has 3 aromatic rings. The second-order valence-corrected chi connectivity index (χ2v) is 7.79. The van der Waals surface area contributed by atoms with Gasteiger partial charge in [0, 0.05) is 15.6 Å². The Labute approximate surface area is 179 Å². The molecule has 0 fully saturated rings. The number of benzene rings is 2. The number of hydrogen-bond donors (Lipinski definition) is 1. The van der Waals surface area contributed by atoms with E-state index in [9.17, 15) is 18.0 Å². The number of amides is 1. The molecule has 0 bridgehead atoms. The largest absolute Gasteiger partial charge is 0.416 e. The third-order valence-electron chi connectivity index (χ3n) is 4.78. The monoisotopic (exact) mass is 481 g/mol. The van der Waals surface area contributed by atoms with Gasteiger partial charge in [0.15, 0.2) is 0 Å². The number of alkyl halides is 3. The maximum Gasteiger partial charge on any atom is 0.416 e. The minimum Gasteiger partial charge on any atom is -0.340 e. The Balaban J connectivity index is 1.81. The summed E-state index contributed by atoms with van der Waals surface area (Å²) in [5, 5.41) is 6.80. The van der Waals surface area contributed by atoms with Crippen LogP contribution in [0.4, 0.5) is 13.2 Å². The van der Waals surface area contributed by atoms with Gasteiger partial charge in [0.25, 0.3) is 5.91 Å². The molecule has 0 aliphatic heterocycles. The zero-order chi connectivity index (χ0) is 21.9. The Morgan fingerprint density at radius 1 is 1.13 bits per heavy atom. The molecule has 0 saturated carbocycles. The fourth-order valence-corrected chi connectivity index (χ4v) is 3.06. The summed E-state index contributed by atoms with van der Waals surface area (Å²) in [4.78, 5) is 17.1. The highest BCUT2D eigenvalue weighted by Gasteiger charge is 2.31. The summed E-state index contributed by atoms with van der Waals surface area (Å²) in [5.41, 5.74) is 0.0580. The molecule has 1 heterocycles. The van der Waals surface area contributed by atoms with Gasteiger partial charge in [-0.05, 0) is 54.4 Å². The first kappa shape index (κ1) is 22.0. The predicted molar refractivity (Wildman–Crippen MR) is 109 cm³/mol. The third kappa shape index (κ3) is 5.08. The molecule has 1 aromatic heterocycles. The molecule has 158 valence electrons. The summed E-state index contributed by atoms with van der Waals surface area (Å²) in [7, 11) is 0. The summed E-state index contributed by atoms with van der Waals surface area (Å²) in [6, 6.07) is 10.8. The number of carbonyl (C=O) groups excluding carboxylic acids is 1. The Morgan fingerprint density at radius 3 is 2.33 bits per heavy atom. The predicted octanol–water partition coefficient (Wildman–Crippen LogP) is 6.04. The number of hydrogen-bond acceptors (Lipinski definition) is 4. The van der Waals surface area contributed by atoms with Crippen LogP contribution < -0.4 is 5.32 Å². The lowest BCUT2D eigenvalue weighted by Crippen LogP contribution is -2.32. The van der Waals surface area contributed by atoms with Crippen molar-refractivity contribution in [1.29, 1.82) is 0 Å². The highest BCUT2D eigenvalue weighted by atomic mass is 79.9. The highest BCUT2D eigenvalue weighted by molar-refractivity contribution is 9.10. The molecule has 0 saturated heterocycles. The zero-order valence-corrected chi connectivity index (χ0v) is 17.8. The topological polar surface area (TPSA) is 68.0 Å². The van der Waals surface area contributed by atoms with Crippen molar-refractivity contribution in [1.82, 2.24) is 15.5 Å². The van der Waals surface area contributed by atoms with Crippen LogP contribution in [0.15, 0.2) is 57.5 Å². The van der Waals surface area contributed by atoms with E-state index in [1.54, 1.807) is 0 Å². The Morgan fingerprint density at radius 2 is 1.77 bits per heavy atom. The molecule has 3 rings (SSSR count). The molecule has 9 heteroatoms. The number of rotatable bonds is 6. The van der Waals surface area contributed by atoms with E-state index < -0.39 is 23.7 Å². The van der Waals surface area contributed by atoms with Crippen molar-refractivity contribution in [2.75, 3.05) is 0 Å². The van der Waals surface area contributed by atoms with Gasteiger partial charge in [0.05, 0.1) is 5.56 Å². The van der Waals surface area contributed by atoms with Gasteiger partial charge in [-0.3, -0.25) is 4.79 Å². The number of carbonyl (C=O) groups is 1. The lowest BCUT2D eigenvalue weighted by atomic mass is 9.98. The summed E-state index contributed by atoms with van der Waals surface area (Å²) in [6.07, 6.45) is -3.74. The van der Waals surface area contributed by atoms with E-state index in [1.807, 2.05) is 38.1 Å². The van der Waals surface area contributed by atoms with Crippen molar-refractivity contribution in [3.63, 3.8) is 0 Å². The Kier molecular flexibility index (Phi) is 6.60. The maximum absolute atomic E-state index is 12.7. The summed E-state index contributed by atoms with van der Waals surface area (Å²) >= 11 is 3.37. The Bertz CT molecular complexity index is 1000. The normalized spacial score (nSPS) is 13.7. The van der Waals surface area contributed by atoms with Crippen molar-refractivity contribution < 1.29 is 22.5 Å². The van der Waals surface area contributed by atoms with Crippen molar-refractivity contribution in [2.45, 2.75) is 32.5 Å². The number of nitrogens with zero attached hydrogens (tertiary/aromatic N) is 2. The van der Waals surface area contributed by atoms with Crippen LogP contribution in [-0.4, -0.2) is 16.0 Å². The standard InChI is InChI=1S/C21H19BrF3N3O2/c1-3-12(2)17(20-27-18(28-30-20)13-6-10-16(22)11-7-13)26-19(29)14-4-8-15(9-5-14)21(23,24)25/h4-12,17H,3H2,1-2H3,(H,26,29)/t12-,17-/m1/s1. The van der Waals surface area contributed by atoms with Gasteiger partial charge in [-0.2, -0.15) is 18.2 Å². The van der Waals surface area contributed by atoms with E-state index in [0.717, 1.165) is 34.3 Å². The lowest BCUT2D eigenvalue weighted by molar-refractivity contribution is -0.137. The van der Waals surface area contributed by atoms with E-state index in [0.29, 0.717) is 12.2 Å². The van der Waals surface area contributed by atoms with Gasteiger partial charge in [0.2, 0.25) is 11.7 Å². The molecule has 5 nitrogen and oxygen atoms in total. The van der Waals surface area contributed by atoms with Gasteiger partial charge in [-0.1, -0.05) is 41.4 Å². The molecular formula is C21H19BrF3N3O2. The van der Waals surface area contributed by atoms with Crippen LogP contribution in [0.3, 0.4) is 0 Å². The molecule has 30 heavy (non-hydrogen) atoms. The van der Waals surface area contributed by atoms with Crippen LogP contribution in [0, 0.1) is 5.92 Å². The average molecular weight is 482 g/mol. The smallest absolute Gasteiger partial charge is 0.340 e. The third-order valence-corrected chi connectivity index (χ3v) is 5.31. The van der Waals surface area contributed by atoms with Crippen LogP contribution in [0.2, 0.25) is 0 Å². The number of aromatic nitrogens is 2. The summed E-state index contributed by atoms with van der Waals surface area (Å²) in [6.45, 7) is 3.87. The maximum atomic E-state index is 12.7. The highest BCUT2D eigenvalue weighted by Crippen LogP contribution is 2.30. The van der Waals surface area contributed by atoms with Crippen molar-refractivity contribution in [2.24, 2.45) is 5.92 Å². The summed E-state index contributed by atoms with van der Waals surface area (Å²) in [5.74, 6) is 0.0659. The van der Waals surface area contributed by atoms with Crippen LogP contribution in [0.5, 0.6) is 0 Å². The molecule has 1 amide bonds. The van der Waals surface area contributed by atoms with E-state index in [2.05, 4.69) is 31.4 Å². The lowest BCUT2D eigenvalue weighted by Gasteiger charge is -2.21. The first-order valence-corrected chi connectivity index (χ1v) is 10.1. The molecular weight excluding hydrogens is 463 g/mol. The van der Waals surface area contributed by atoms with E-state index in [-0.39, 0.29) is 17.4 Å². The molecule has 0 radical (unpaired) electrons. The average Bonchev–Trinajstić information content (AvgIpc) is 3.21. The quantitative estimate of drug-likeness (QED) is 0.466. The molecule has 0 spiro atoms. The van der Waals surface area contributed by atoms with Crippen LogP contribution in [-0.2, 0) is 6.18 Å². The minimum absolute atomic E-state index is 0.0402. The van der Waals surface area contributed by atoms with Gasteiger partial charge < -0.3 is 9.84 Å². The molecule has 0 aliphatic carbocycles. The Hall–Kier alpha value is -2.68. The molecule has 1 N–H and O–H groups in total. The van der Waals surface area contributed by atoms with E-state index >= 15 is 0 Å². The summed E-state index contributed by atoms with van der Waals surface area (Å²) < 4.78 is 44.5. The first-order valence-electron chi connectivity index (χ1n) is 9.26. The van der Waals surface area contributed by atoms with Crippen molar-refractivity contribution >= 4 is 21.8 Å². The first-order chi connectivity index (χ1) is 14.2. The van der Waals surface area contributed by atoms with Crippen molar-refractivity contribution in [3.8, 4) is 11.4 Å². The fraction of sp³-hybridized carbons (Fsp3) is 0.286. The van der Waals surface area contributed by atoms with Crippen LogP contribution in [0.1, 0.15) is 48.1 Å². The minimum atomic E-state index is -4.46. The van der Waals surface area contributed by atoms with Gasteiger partial charge >= 0.3 is 6.18 Å². The van der Waals surface area contributed by atoms with Crippen LogP contribution >= 0.6 is 15.9 Å². The van der Waals surface area contributed by atoms with E-state index in [1.165, 1.54) is 0 Å². The van der Waals surface area contributed by atoms with Gasteiger partial charge in [-0.15, -0.1) is 0 Å². The van der Waals surface area contributed by atoms with Gasteiger partial charge in [-0.25, -0.2) is 0 Å². The molecule has 2 aromatic carbocycles. The SMILES string of the molecule is CC[C@@H](C)[C@@H](NC(=O)c1ccc(C(F)(F)F)cc1)c1nc(-c2ccc(Br)cc2)no1. The zero-order valence-electron chi connectivity index (χ0n) is 16.2. The molecule has 0 aliphatic rings. The second kappa shape index (κ2) is 8.99. The number of nitrogens with one attached hydrogen (secondary N) is 1. The number of halogens is 4. The van der Waals surface area contributed by atoms with Gasteiger partial charge in [0.1, 0.15) is 6.04 Å². The second-order valence-electron chi connectivity index (χ2n) is 6.87. The van der Waals surface area contributed by atoms with Crippen LogP contribution in [0.25, 0.3) is 11.4 Å².